The summed E-state index contributed by atoms with van der Waals surface area (Å²) in [6, 6.07) is 0. The topological polar surface area (TPSA) is 69.2 Å². The molecule has 0 radical (unpaired) electrons. The van der Waals surface area contributed by atoms with Gasteiger partial charge in [-0.05, 0) is 0 Å². The van der Waals surface area contributed by atoms with Gasteiger partial charge in [-0.15, -0.1) is 0 Å². The minimum absolute atomic E-state index is 0.146. The second-order valence-electron chi connectivity index (χ2n) is 3.02. The van der Waals surface area contributed by atoms with Crippen LogP contribution in [0, 0.1) is 31.9 Å². The summed E-state index contributed by atoms with van der Waals surface area (Å²) in [5.74, 6) is 0. The number of hydrogen-bond acceptors (Lipinski definition) is 4. The zero-order chi connectivity index (χ0) is 11.4. The van der Waals surface area contributed by atoms with Gasteiger partial charge in [-0.2, -0.15) is 11.8 Å². The van der Waals surface area contributed by atoms with Gasteiger partial charge < -0.3 is 21.4 Å². The van der Waals surface area contributed by atoms with Crippen molar-refractivity contribution in [1.82, 2.24) is 0 Å². The van der Waals surface area contributed by atoms with Crippen molar-refractivity contribution in [1.29, 1.82) is 0 Å². The summed E-state index contributed by atoms with van der Waals surface area (Å²) in [6.07, 6.45) is 5.89. The summed E-state index contributed by atoms with van der Waals surface area (Å²) in [7, 11) is 0. The number of hydrogen-bond donors (Lipinski definition) is 0. The van der Waals surface area contributed by atoms with Crippen molar-refractivity contribution < 1.29 is 46.5 Å². The molecule has 0 aliphatic rings. The molecule has 0 fully saturated rings. The van der Waals surface area contributed by atoms with E-state index in [9.17, 15) is 0 Å². The van der Waals surface area contributed by atoms with Crippen molar-refractivity contribution in [2.75, 3.05) is 0 Å². The number of rotatable bonds is 6. The van der Waals surface area contributed by atoms with Crippen molar-refractivity contribution in [3.05, 3.63) is 0 Å². The average Bonchev–Trinajstić information content (AvgIpc) is 2.01. The Hall–Kier alpha value is 1.72. The Bertz CT molecular complexity index is 137. The molecule has 0 aliphatic carbocycles. The molecule has 0 aromatic heterocycles. The molecule has 0 aromatic rings. The average molecular weight is 364 g/mol. The third kappa shape index (κ3) is 37.2. The molecular formula is C8H18LaO3PS. The minimum Gasteiger partial charge on any atom is -0.844 e. The van der Waals surface area contributed by atoms with Crippen LogP contribution in [0.4, 0.5) is 0 Å². The molecule has 0 aliphatic heterocycles. The Morgan fingerprint density at radius 2 is 1.29 bits per heavy atom. The Labute approximate surface area is 109 Å². The fourth-order valence-corrected chi connectivity index (χ4v) is 6.12. The Balaban J connectivity index is 0. The van der Waals surface area contributed by atoms with Gasteiger partial charge >= 0.3 is 77.0 Å². The van der Waals surface area contributed by atoms with Crippen molar-refractivity contribution in [2.45, 2.75) is 45.2 Å². The van der Waals surface area contributed by atoms with Crippen LogP contribution >= 0.6 is 6.72 Å². The fourth-order valence-electron chi connectivity index (χ4n) is 0.841. The summed E-state index contributed by atoms with van der Waals surface area (Å²) in [5.41, 5.74) is 0. The molecule has 0 bridgehead atoms. The van der Waals surface area contributed by atoms with Gasteiger partial charge in [0.25, 0.3) is 0 Å². The molecular weight excluding hydrogens is 346 g/mol. The van der Waals surface area contributed by atoms with Gasteiger partial charge in [-0.3, -0.25) is 0 Å². The maximum Gasteiger partial charge on any atom is -0.151 e. The molecule has 0 saturated heterocycles. The second kappa shape index (κ2) is 12.8. The van der Waals surface area contributed by atoms with Crippen LogP contribution in [0.3, 0.4) is 0 Å². The van der Waals surface area contributed by atoms with E-state index in [0.717, 1.165) is 0 Å². The van der Waals surface area contributed by atoms with Crippen LogP contribution in [-0.4, -0.2) is 0 Å². The van der Waals surface area contributed by atoms with Crippen LogP contribution < -0.4 is 14.7 Å². The van der Waals surface area contributed by atoms with E-state index in [1.165, 1.54) is 25.7 Å². The van der Waals surface area contributed by atoms with Crippen LogP contribution in [0.2, 0.25) is 5.65 Å². The van der Waals surface area contributed by atoms with E-state index < -0.39 is 6.72 Å². The van der Waals surface area contributed by atoms with Gasteiger partial charge in [-0.25, -0.2) is 0 Å². The van der Waals surface area contributed by atoms with Gasteiger partial charge in [0, 0.05) is 0 Å². The molecule has 0 spiro atoms. The molecule has 0 N–H and O–H groups in total. The molecule has 0 rings (SSSR count). The van der Waals surface area contributed by atoms with E-state index in [4.69, 9.17) is 14.7 Å². The first-order chi connectivity index (χ1) is 6.41. The molecule has 6 heteroatoms. The van der Waals surface area contributed by atoms with E-state index in [-0.39, 0.29) is 31.9 Å². The van der Waals surface area contributed by atoms with Gasteiger partial charge in [0.2, 0.25) is 0 Å². The molecule has 0 saturated carbocycles. The zero-order valence-corrected chi connectivity index (χ0v) is 14.2. The van der Waals surface area contributed by atoms with Crippen LogP contribution in [0.5, 0.6) is 0 Å². The predicted molar refractivity (Wildman–Crippen MR) is 53.7 cm³/mol. The van der Waals surface area contributed by atoms with Crippen molar-refractivity contribution in [2.24, 2.45) is 0 Å². The summed E-state index contributed by atoms with van der Waals surface area (Å²) in [5, 5.41) is 0. The predicted octanol–water partition coefficient (Wildman–Crippen LogP) is 0.800. The van der Waals surface area contributed by atoms with Crippen LogP contribution in [-0.2, 0) is 11.8 Å². The summed E-state index contributed by atoms with van der Waals surface area (Å²) in [4.78, 5) is 26.8. The maximum atomic E-state index is 8.92. The quantitative estimate of drug-likeness (QED) is 0.517. The fraction of sp³-hybridized carbons (Fsp3) is 1.00. The molecule has 0 aromatic carbocycles. The Morgan fingerprint density at radius 1 is 1.00 bits per heavy atom. The van der Waals surface area contributed by atoms with Crippen LogP contribution in [0.1, 0.15) is 39.5 Å². The van der Waals surface area contributed by atoms with Gasteiger partial charge in [-0.1, -0.05) is 0 Å². The minimum atomic E-state index is -4.56. The molecule has 0 atom stereocenters. The van der Waals surface area contributed by atoms with Crippen LogP contribution in [0.15, 0.2) is 0 Å². The smallest absolute Gasteiger partial charge is 0.151 e. The van der Waals surface area contributed by atoms with Gasteiger partial charge in [0.15, 0.2) is 0 Å². The third-order valence-corrected chi connectivity index (χ3v) is 6.65. The summed E-state index contributed by atoms with van der Waals surface area (Å²) < 4.78 is 3.33. The normalized spacial score (nSPS) is 10.9. The first kappa shape index (κ1) is 18.1. The van der Waals surface area contributed by atoms with Crippen LogP contribution in [0.25, 0.3) is 0 Å². The Kier molecular flexibility index (Phi) is 16.5. The second-order valence-corrected chi connectivity index (χ2v) is 10.7. The number of unbranched alkanes of at least 4 members (excludes halogenated alkanes) is 2. The third-order valence-electron chi connectivity index (χ3n) is 1.52. The SMILES string of the molecule is CCC[CH2][La+3][CH2]CCC.[O-]P([O-])([O-])=S. The van der Waals surface area contributed by atoms with E-state index in [1.807, 2.05) is 0 Å². The summed E-state index contributed by atoms with van der Waals surface area (Å²) in [6.45, 7) is 0.0385. The Morgan fingerprint density at radius 3 is 1.50 bits per heavy atom. The molecule has 82 valence electrons. The summed E-state index contributed by atoms with van der Waals surface area (Å²) >= 11 is 3.12. The largest absolute Gasteiger partial charge is 0.844 e. The maximum absolute atomic E-state index is 8.92. The monoisotopic (exact) mass is 364 g/mol. The van der Waals surface area contributed by atoms with Gasteiger partial charge in [0.05, 0.1) is 0 Å². The van der Waals surface area contributed by atoms with E-state index in [0.29, 0.717) is 0 Å². The molecule has 14 heavy (non-hydrogen) atoms. The van der Waals surface area contributed by atoms with Crippen molar-refractivity contribution >= 4 is 18.5 Å². The van der Waals surface area contributed by atoms with Crippen molar-refractivity contribution in [3.63, 3.8) is 0 Å². The van der Waals surface area contributed by atoms with Gasteiger partial charge in [0.1, 0.15) is 0 Å². The van der Waals surface area contributed by atoms with E-state index in [1.54, 1.807) is 5.65 Å². The van der Waals surface area contributed by atoms with E-state index in [2.05, 4.69) is 25.7 Å². The van der Waals surface area contributed by atoms with Crippen molar-refractivity contribution in [3.8, 4) is 0 Å². The molecule has 0 heterocycles. The standard InChI is InChI=1S/2C4H9.La.H3O3PS/c2*1-3-4-2;;1-4(2,3)5/h2*1,3-4H2,2H3;;(H3,1,2,3,5)/q;;+3;/p-3. The first-order valence-corrected chi connectivity index (χ1v) is 12.6. The first-order valence-electron chi connectivity index (χ1n) is 4.96. The zero-order valence-electron chi connectivity index (χ0n) is 8.90. The molecule has 0 unspecified atom stereocenters. The van der Waals surface area contributed by atoms with E-state index >= 15 is 0 Å². The molecule has 3 nitrogen and oxygen atoms in total. The molecule has 0 amide bonds.